The van der Waals surface area contributed by atoms with Crippen LogP contribution >= 0.6 is 0 Å². The Labute approximate surface area is 108 Å². The molecule has 0 atom stereocenters. The Bertz CT molecular complexity index is 457. The molecule has 0 fully saturated rings. The topological polar surface area (TPSA) is 90.2 Å². The van der Waals surface area contributed by atoms with Crippen LogP contribution in [0.3, 0.4) is 0 Å². The highest BCUT2D eigenvalue weighted by Crippen LogP contribution is 2.28. The predicted octanol–water partition coefficient (Wildman–Crippen LogP) is 2.16. The Morgan fingerprint density at radius 2 is 2.16 bits per heavy atom. The van der Waals surface area contributed by atoms with Gasteiger partial charge in [0.25, 0.3) is 12.3 Å². The molecule has 1 aromatic rings. The number of rotatable bonds is 7. The monoisotopic (exact) mass is 276 g/mol. The zero-order valence-corrected chi connectivity index (χ0v) is 10.5. The Kier molecular flexibility index (Phi) is 5.34. The van der Waals surface area contributed by atoms with E-state index < -0.39 is 29.5 Å². The highest BCUT2D eigenvalue weighted by atomic mass is 19.3. The number of ether oxygens (including phenoxy) is 1. The summed E-state index contributed by atoms with van der Waals surface area (Å²) in [5.74, 6) is -0.328. The number of hydrogen-bond acceptors (Lipinski definition) is 6. The second-order valence-electron chi connectivity index (χ2n) is 3.67. The zero-order valence-electron chi connectivity index (χ0n) is 10.5. The lowest BCUT2D eigenvalue weighted by Gasteiger charge is -2.09. The molecule has 0 saturated carbocycles. The van der Waals surface area contributed by atoms with Crippen LogP contribution in [0.15, 0.2) is 0 Å². The molecular formula is C10H14F2N4O3. The van der Waals surface area contributed by atoms with Crippen molar-refractivity contribution in [3.05, 3.63) is 15.8 Å². The van der Waals surface area contributed by atoms with Crippen molar-refractivity contribution in [2.24, 2.45) is 0 Å². The van der Waals surface area contributed by atoms with Crippen LogP contribution in [0.5, 0.6) is 5.88 Å². The number of nitro groups is 1. The van der Waals surface area contributed by atoms with Crippen molar-refractivity contribution in [3.8, 4) is 5.88 Å². The molecule has 0 aliphatic carbocycles. The number of hydrogen-bond donors (Lipinski definition) is 1. The number of aryl methyl sites for hydroxylation is 1. The van der Waals surface area contributed by atoms with E-state index in [0.29, 0.717) is 6.54 Å². The minimum atomic E-state index is -2.73. The average Bonchev–Trinajstić information content (AvgIpc) is 2.32. The van der Waals surface area contributed by atoms with E-state index >= 15 is 0 Å². The number of aromatic nitrogens is 2. The van der Waals surface area contributed by atoms with Crippen molar-refractivity contribution in [2.45, 2.75) is 26.7 Å². The van der Waals surface area contributed by atoms with Crippen LogP contribution in [-0.4, -0.2) is 34.5 Å². The van der Waals surface area contributed by atoms with Crippen molar-refractivity contribution >= 4 is 11.6 Å². The SMILES string of the molecule is CCCNc1nc(C)c([N+](=O)[O-])c(OCC(F)F)n1. The summed E-state index contributed by atoms with van der Waals surface area (Å²) in [5.41, 5.74) is -0.439. The summed E-state index contributed by atoms with van der Waals surface area (Å²) in [7, 11) is 0. The Morgan fingerprint density at radius 1 is 1.47 bits per heavy atom. The van der Waals surface area contributed by atoms with Gasteiger partial charge in [-0.1, -0.05) is 6.92 Å². The molecule has 0 radical (unpaired) electrons. The van der Waals surface area contributed by atoms with Gasteiger partial charge in [-0.3, -0.25) is 10.1 Å². The van der Waals surface area contributed by atoms with Gasteiger partial charge in [-0.2, -0.15) is 4.98 Å². The second-order valence-corrected chi connectivity index (χ2v) is 3.67. The molecule has 0 aromatic carbocycles. The lowest BCUT2D eigenvalue weighted by atomic mass is 10.3. The van der Waals surface area contributed by atoms with Gasteiger partial charge < -0.3 is 10.1 Å². The molecule has 1 rings (SSSR count). The van der Waals surface area contributed by atoms with E-state index in [1.165, 1.54) is 6.92 Å². The van der Waals surface area contributed by atoms with Gasteiger partial charge in [0.1, 0.15) is 5.69 Å². The van der Waals surface area contributed by atoms with Crippen LogP contribution < -0.4 is 10.1 Å². The van der Waals surface area contributed by atoms with E-state index in [0.717, 1.165) is 6.42 Å². The molecule has 1 heterocycles. The molecule has 1 aromatic heterocycles. The van der Waals surface area contributed by atoms with E-state index in [9.17, 15) is 18.9 Å². The standard InChI is InChI=1S/C10H14F2N4O3/c1-3-4-13-10-14-6(2)8(16(17)18)9(15-10)19-5-7(11)12/h7H,3-5H2,1-2H3,(H,13,14,15). The molecule has 0 bridgehead atoms. The third-order valence-corrected chi connectivity index (χ3v) is 2.09. The highest BCUT2D eigenvalue weighted by molar-refractivity contribution is 5.48. The summed E-state index contributed by atoms with van der Waals surface area (Å²) in [6.45, 7) is 2.92. The van der Waals surface area contributed by atoms with Gasteiger partial charge in [0.15, 0.2) is 6.61 Å². The summed E-state index contributed by atoms with van der Waals surface area (Å²) in [4.78, 5) is 17.7. The highest BCUT2D eigenvalue weighted by Gasteiger charge is 2.24. The number of nitrogens with zero attached hydrogens (tertiary/aromatic N) is 3. The molecule has 0 aliphatic rings. The van der Waals surface area contributed by atoms with Gasteiger partial charge >= 0.3 is 5.69 Å². The molecular weight excluding hydrogens is 262 g/mol. The van der Waals surface area contributed by atoms with Crippen molar-refractivity contribution in [1.29, 1.82) is 0 Å². The summed E-state index contributed by atoms with van der Waals surface area (Å²) in [6, 6.07) is 0. The van der Waals surface area contributed by atoms with Crippen molar-refractivity contribution < 1.29 is 18.4 Å². The van der Waals surface area contributed by atoms with Crippen LogP contribution in [-0.2, 0) is 0 Å². The molecule has 0 amide bonds. The van der Waals surface area contributed by atoms with Gasteiger partial charge in [0.2, 0.25) is 5.95 Å². The van der Waals surface area contributed by atoms with Crippen LogP contribution in [0.1, 0.15) is 19.0 Å². The number of nitrogens with one attached hydrogen (secondary N) is 1. The first-order valence-corrected chi connectivity index (χ1v) is 5.63. The van der Waals surface area contributed by atoms with Crippen LogP contribution in [0, 0.1) is 17.0 Å². The van der Waals surface area contributed by atoms with Crippen molar-refractivity contribution in [2.75, 3.05) is 18.5 Å². The van der Waals surface area contributed by atoms with Crippen molar-refractivity contribution in [1.82, 2.24) is 9.97 Å². The molecule has 9 heteroatoms. The fourth-order valence-corrected chi connectivity index (χ4v) is 1.31. The summed E-state index contributed by atoms with van der Waals surface area (Å²) < 4.78 is 28.9. The minimum Gasteiger partial charge on any atom is -0.467 e. The summed E-state index contributed by atoms with van der Waals surface area (Å²) in [5, 5.41) is 13.7. The summed E-state index contributed by atoms with van der Waals surface area (Å²) >= 11 is 0. The lowest BCUT2D eigenvalue weighted by molar-refractivity contribution is -0.387. The molecule has 0 spiro atoms. The largest absolute Gasteiger partial charge is 0.467 e. The minimum absolute atomic E-state index is 0.0582. The maximum Gasteiger partial charge on any atom is 0.352 e. The molecule has 0 unspecified atom stereocenters. The molecule has 0 saturated heterocycles. The Morgan fingerprint density at radius 3 is 2.68 bits per heavy atom. The Balaban J connectivity index is 3.06. The fourth-order valence-electron chi connectivity index (χ4n) is 1.31. The van der Waals surface area contributed by atoms with Crippen LogP contribution in [0.2, 0.25) is 0 Å². The van der Waals surface area contributed by atoms with Crippen LogP contribution in [0.25, 0.3) is 0 Å². The zero-order chi connectivity index (χ0) is 14.4. The maximum absolute atomic E-state index is 12.1. The molecule has 19 heavy (non-hydrogen) atoms. The molecule has 1 N–H and O–H groups in total. The maximum atomic E-state index is 12.1. The first kappa shape index (κ1) is 15.0. The van der Waals surface area contributed by atoms with E-state index in [-0.39, 0.29) is 11.6 Å². The number of alkyl halides is 2. The van der Waals surface area contributed by atoms with E-state index in [1.807, 2.05) is 6.92 Å². The smallest absolute Gasteiger partial charge is 0.352 e. The number of halogens is 2. The normalized spacial score (nSPS) is 10.6. The average molecular weight is 276 g/mol. The van der Waals surface area contributed by atoms with E-state index in [2.05, 4.69) is 20.0 Å². The fraction of sp³-hybridized carbons (Fsp3) is 0.600. The predicted molar refractivity (Wildman–Crippen MR) is 63.7 cm³/mol. The van der Waals surface area contributed by atoms with Gasteiger partial charge in [-0.25, -0.2) is 13.8 Å². The van der Waals surface area contributed by atoms with Crippen LogP contribution in [0.4, 0.5) is 20.4 Å². The summed E-state index contributed by atoms with van der Waals surface area (Å²) in [6.07, 6.45) is -1.94. The molecule has 106 valence electrons. The van der Waals surface area contributed by atoms with Gasteiger partial charge in [-0.15, -0.1) is 0 Å². The van der Waals surface area contributed by atoms with E-state index in [1.54, 1.807) is 0 Å². The Hall–Kier alpha value is -2.06. The number of anilines is 1. The van der Waals surface area contributed by atoms with E-state index in [4.69, 9.17) is 0 Å². The lowest BCUT2D eigenvalue weighted by Crippen LogP contribution is -2.13. The van der Waals surface area contributed by atoms with Gasteiger partial charge in [0, 0.05) is 6.54 Å². The van der Waals surface area contributed by atoms with Gasteiger partial charge in [0.05, 0.1) is 4.92 Å². The first-order valence-electron chi connectivity index (χ1n) is 5.63. The van der Waals surface area contributed by atoms with Gasteiger partial charge in [-0.05, 0) is 13.3 Å². The first-order chi connectivity index (χ1) is 8.95. The molecule has 0 aliphatic heterocycles. The molecule has 7 nitrogen and oxygen atoms in total. The third kappa shape index (κ3) is 4.27. The van der Waals surface area contributed by atoms with Crippen molar-refractivity contribution in [3.63, 3.8) is 0 Å². The second kappa shape index (κ2) is 6.76. The quantitative estimate of drug-likeness (QED) is 0.606. The third-order valence-electron chi connectivity index (χ3n) is 2.09.